The lowest BCUT2D eigenvalue weighted by atomic mass is 10.2. The predicted molar refractivity (Wildman–Crippen MR) is 69.4 cm³/mol. The molecular weight excluding hydrogens is 263 g/mol. The van der Waals surface area contributed by atoms with Crippen LogP contribution in [0.25, 0.3) is 0 Å². The summed E-state index contributed by atoms with van der Waals surface area (Å²) in [5, 5.41) is 11.7. The van der Waals surface area contributed by atoms with Crippen LogP contribution in [0.5, 0.6) is 0 Å². The third-order valence-corrected chi connectivity index (χ3v) is 2.61. The number of hydrogen-bond donors (Lipinski definition) is 0. The molecular formula is C11H12Cl2N2O2. The largest absolute Gasteiger partial charge is 0.297 e. The minimum Gasteiger partial charge on any atom is -0.297 e. The van der Waals surface area contributed by atoms with E-state index in [1.165, 1.54) is 18.2 Å². The second-order valence-electron chi connectivity index (χ2n) is 3.72. The molecule has 92 valence electrons. The average molecular weight is 275 g/mol. The summed E-state index contributed by atoms with van der Waals surface area (Å²) >= 11 is 11.7. The van der Waals surface area contributed by atoms with E-state index >= 15 is 0 Å². The van der Waals surface area contributed by atoms with Crippen LogP contribution < -0.4 is 0 Å². The maximum Gasteiger partial charge on any atom is 0.269 e. The quantitative estimate of drug-likeness (QED) is 0.611. The minimum atomic E-state index is -0.444. The Morgan fingerprint density at radius 1 is 1.59 bits per heavy atom. The summed E-state index contributed by atoms with van der Waals surface area (Å²) in [7, 11) is 1.84. The van der Waals surface area contributed by atoms with Crippen molar-refractivity contribution in [2.75, 3.05) is 13.6 Å². The van der Waals surface area contributed by atoms with Crippen LogP contribution in [0, 0.1) is 10.1 Å². The molecule has 0 atom stereocenters. The highest BCUT2D eigenvalue weighted by molar-refractivity contribution is 6.31. The van der Waals surface area contributed by atoms with Crippen LogP contribution in [-0.2, 0) is 6.54 Å². The Hall–Kier alpha value is -1.10. The van der Waals surface area contributed by atoms with Crippen LogP contribution in [0.1, 0.15) is 5.56 Å². The van der Waals surface area contributed by atoms with Crippen molar-refractivity contribution in [3.05, 3.63) is 50.5 Å². The van der Waals surface area contributed by atoms with Crippen molar-refractivity contribution in [1.82, 2.24) is 4.90 Å². The van der Waals surface area contributed by atoms with Gasteiger partial charge in [-0.25, -0.2) is 0 Å². The van der Waals surface area contributed by atoms with Crippen LogP contribution in [0.3, 0.4) is 0 Å². The molecule has 17 heavy (non-hydrogen) atoms. The molecule has 0 bridgehead atoms. The smallest absolute Gasteiger partial charge is 0.269 e. The van der Waals surface area contributed by atoms with E-state index in [-0.39, 0.29) is 5.69 Å². The lowest BCUT2D eigenvalue weighted by Crippen LogP contribution is -2.19. The number of non-ortho nitro benzene ring substituents is 1. The molecule has 0 spiro atoms. The van der Waals surface area contributed by atoms with E-state index in [9.17, 15) is 10.1 Å². The third-order valence-electron chi connectivity index (χ3n) is 2.12. The number of rotatable bonds is 5. The van der Waals surface area contributed by atoms with Crippen molar-refractivity contribution in [3.63, 3.8) is 0 Å². The average Bonchev–Trinajstić information content (AvgIpc) is 2.19. The zero-order valence-corrected chi connectivity index (χ0v) is 10.8. The van der Waals surface area contributed by atoms with E-state index < -0.39 is 4.92 Å². The van der Waals surface area contributed by atoms with Gasteiger partial charge in [-0.15, -0.1) is 0 Å². The van der Waals surface area contributed by atoms with Gasteiger partial charge in [0.2, 0.25) is 0 Å². The van der Waals surface area contributed by atoms with Crippen molar-refractivity contribution in [2.24, 2.45) is 0 Å². The summed E-state index contributed by atoms with van der Waals surface area (Å²) in [6.45, 7) is 4.57. The molecule has 0 saturated heterocycles. The second kappa shape index (κ2) is 6.00. The summed E-state index contributed by atoms with van der Waals surface area (Å²) in [5.74, 6) is 0. The molecule has 0 radical (unpaired) electrons. The Morgan fingerprint density at radius 2 is 2.24 bits per heavy atom. The molecule has 0 amide bonds. The lowest BCUT2D eigenvalue weighted by Gasteiger charge is -2.16. The number of nitrogens with zero attached hydrogens (tertiary/aromatic N) is 2. The van der Waals surface area contributed by atoms with Gasteiger partial charge in [-0.3, -0.25) is 15.0 Å². The Bertz CT molecular complexity index is 449. The number of benzene rings is 1. The summed E-state index contributed by atoms with van der Waals surface area (Å²) in [4.78, 5) is 12.1. The fraction of sp³-hybridized carbons (Fsp3) is 0.273. The molecule has 0 aliphatic rings. The van der Waals surface area contributed by atoms with Gasteiger partial charge in [0.1, 0.15) is 0 Å². The van der Waals surface area contributed by atoms with Gasteiger partial charge in [-0.2, -0.15) is 0 Å². The van der Waals surface area contributed by atoms with E-state index in [0.717, 1.165) is 0 Å². The fourth-order valence-corrected chi connectivity index (χ4v) is 1.82. The molecule has 1 aromatic rings. The first-order valence-electron chi connectivity index (χ1n) is 4.85. The second-order valence-corrected chi connectivity index (χ2v) is 4.66. The van der Waals surface area contributed by atoms with E-state index in [1.54, 1.807) is 0 Å². The normalized spacial score (nSPS) is 10.6. The first kappa shape index (κ1) is 14.0. The molecule has 1 rings (SSSR count). The van der Waals surface area contributed by atoms with Crippen molar-refractivity contribution in [1.29, 1.82) is 0 Å². The van der Waals surface area contributed by atoms with E-state index in [1.807, 2.05) is 11.9 Å². The van der Waals surface area contributed by atoms with Crippen LogP contribution >= 0.6 is 23.2 Å². The van der Waals surface area contributed by atoms with Gasteiger partial charge in [0, 0.05) is 35.3 Å². The van der Waals surface area contributed by atoms with Crippen LogP contribution in [-0.4, -0.2) is 23.4 Å². The Labute approximate surface area is 110 Å². The fourth-order valence-electron chi connectivity index (χ4n) is 1.44. The zero-order valence-electron chi connectivity index (χ0n) is 9.32. The number of likely N-dealkylation sites (N-methyl/N-ethyl adjacent to an activating group) is 1. The molecule has 0 aromatic heterocycles. The first-order valence-corrected chi connectivity index (χ1v) is 5.60. The van der Waals surface area contributed by atoms with Gasteiger partial charge >= 0.3 is 0 Å². The van der Waals surface area contributed by atoms with Gasteiger partial charge in [0.05, 0.1) is 4.92 Å². The summed E-state index contributed by atoms with van der Waals surface area (Å²) in [6, 6.07) is 4.38. The zero-order chi connectivity index (χ0) is 13.0. The highest BCUT2D eigenvalue weighted by Crippen LogP contribution is 2.23. The van der Waals surface area contributed by atoms with Crippen molar-refractivity contribution < 1.29 is 4.92 Å². The monoisotopic (exact) mass is 274 g/mol. The van der Waals surface area contributed by atoms with Gasteiger partial charge in [0.15, 0.2) is 0 Å². The summed E-state index contributed by atoms with van der Waals surface area (Å²) in [6.07, 6.45) is 0. The van der Waals surface area contributed by atoms with Crippen molar-refractivity contribution >= 4 is 28.9 Å². The molecule has 0 aliphatic carbocycles. The molecule has 6 heteroatoms. The Morgan fingerprint density at radius 3 is 2.76 bits per heavy atom. The molecule has 0 N–H and O–H groups in total. The molecule has 0 heterocycles. The Kier molecular flexibility index (Phi) is 4.93. The van der Waals surface area contributed by atoms with Gasteiger partial charge in [0.25, 0.3) is 5.69 Å². The highest BCUT2D eigenvalue weighted by Gasteiger charge is 2.11. The molecule has 0 aliphatic heterocycles. The van der Waals surface area contributed by atoms with Gasteiger partial charge in [-0.05, 0) is 18.7 Å². The number of nitro groups is 1. The number of halogens is 2. The highest BCUT2D eigenvalue weighted by atomic mass is 35.5. The minimum absolute atomic E-state index is 0.0301. The van der Waals surface area contributed by atoms with Crippen molar-refractivity contribution in [3.8, 4) is 0 Å². The molecule has 1 aromatic carbocycles. The van der Waals surface area contributed by atoms with Crippen LogP contribution in [0.4, 0.5) is 5.69 Å². The maximum absolute atomic E-state index is 10.6. The standard InChI is InChI=1S/C11H12Cl2N2O2/c1-8(12)6-14(2)7-9-5-10(15(16)17)3-4-11(9)13/h3-5H,1,6-7H2,2H3. The topological polar surface area (TPSA) is 46.4 Å². The molecule has 0 fully saturated rings. The summed E-state index contributed by atoms with van der Waals surface area (Å²) < 4.78 is 0. The Balaban J connectivity index is 2.86. The molecule has 4 nitrogen and oxygen atoms in total. The SMILES string of the molecule is C=C(Cl)CN(C)Cc1cc([N+](=O)[O-])ccc1Cl. The van der Waals surface area contributed by atoms with E-state index in [0.29, 0.717) is 28.7 Å². The number of hydrogen-bond acceptors (Lipinski definition) is 3. The third kappa shape index (κ3) is 4.34. The van der Waals surface area contributed by atoms with E-state index in [4.69, 9.17) is 23.2 Å². The van der Waals surface area contributed by atoms with Gasteiger partial charge in [-0.1, -0.05) is 29.8 Å². The molecule has 0 unspecified atom stereocenters. The lowest BCUT2D eigenvalue weighted by molar-refractivity contribution is -0.384. The van der Waals surface area contributed by atoms with Crippen molar-refractivity contribution in [2.45, 2.75) is 6.54 Å². The maximum atomic E-state index is 10.6. The van der Waals surface area contributed by atoms with Crippen LogP contribution in [0.2, 0.25) is 5.02 Å². The van der Waals surface area contributed by atoms with E-state index in [2.05, 4.69) is 6.58 Å². The summed E-state index contributed by atoms with van der Waals surface area (Å²) in [5.41, 5.74) is 0.726. The first-order chi connectivity index (χ1) is 7.90. The van der Waals surface area contributed by atoms with Crippen LogP contribution in [0.15, 0.2) is 29.8 Å². The van der Waals surface area contributed by atoms with Gasteiger partial charge < -0.3 is 0 Å². The molecule has 0 saturated carbocycles. The number of nitro benzene ring substituents is 1. The predicted octanol–water partition coefficient (Wildman–Crippen LogP) is 3.43.